The van der Waals surface area contributed by atoms with Crippen molar-refractivity contribution in [1.82, 2.24) is 9.80 Å². The number of nitrogens with zero attached hydrogens (tertiary/aromatic N) is 2. The molecule has 3 rings (SSSR count). The summed E-state index contributed by atoms with van der Waals surface area (Å²) >= 11 is 0. The highest BCUT2D eigenvalue weighted by molar-refractivity contribution is 5.92. The largest absolute Gasteiger partial charge is 0.451 e. The van der Waals surface area contributed by atoms with Gasteiger partial charge in [0.05, 0.1) is 0 Å². The van der Waals surface area contributed by atoms with Gasteiger partial charge in [-0.25, -0.2) is 0 Å². The standard InChI is InChI=1S/C16H18N2O2.ClH/c1-17-9-11-18(12-10-17)16(19)15-8-7-14(20-15)13-5-3-2-4-6-13;/h2-8H,9-12H2,1H3;1H. The van der Waals surface area contributed by atoms with E-state index in [1.807, 2.05) is 41.3 Å². The second kappa shape index (κ2) is 6.78. The first-order valence-electron chi connectivity index (χ1n) is 6.87. The smallest absolute Gasteiger partial charge is 0.289 e. The molecule has 21 heavy (non-hydrogen) atoms. The number of carbonyl (C=O) groups is 1. The zero-order valence-electron chi connectivity index (χ0n) is 12.0. The van der Waals surface area contributed by atoms with Gasteiger partial charge in [-0.3, -0.25) is 4.79 Å². The second-order valence-corrected chi connectivity index (χ2v) is 5.13. The van der Waals surface area contributed by atoms with Crippen LogP contribution < -0.4 is 0 Å². The number of furan rings is 1. The number of amides is 1. The number of carbonyl (C=O) groups excluding carboxylic acids is 1. The van der Waals surface area contributed by atoms with Crippen LogP contribution >= 0.6 is 12.4 Å². The van der Waals surface area contributed by atoms with Crippen molar-refractivity contribution >= 4 is 18.3 Å². The molecule has 0 atom stereocenters. The van der Waals surface area contributed by atoms with Crippen LogP contribution in [0.1, 0.15) is 10.6 Å². The maximum Gasteiger partial charge on any atom is 0.289 e. The molecular formula is C16H19ClN2O2. The van der Waals surface area contributed by atoms with Gasteiger partial charge in [-0.1, -0.05) is 30.3 Å². The molecular weight excluding hydrogens is 288 g/mol. The van der Waals surface area contributed by atoms with E-state index in [1.54, 1.807) is 6.07 Å². The van der Waals surface area contributed by atoms with Gasteiger partial charge in [-0.05, 0) is 19.2 Å². The summed E-state index contributed by atoms with van der Waals surface area (Å²) in [7, 11) is 2.07. The Labute approximate surface area is 130 Å². The van der Waals surface area contributed by atoms with Crippen molar-refractivity contribution < 1.29 is 9.21 Å². The van der Waals surface area contributed by atoms with E-state index in [1.165, 1.54) is 0 Å². The van der Waals surface area contributed by atoms with Gasteiger partial charge in [0, 0.05) is 31.7 Å². The van der Waals surface area contributed by atoms with Gasteiger partial charge < -0.3 is 14.2 Å². The van der Waals surface area contributed by atoms with Crippen LogP contribution in [0.2, 0.25) is 0 Å². The molecule has 112 valence electrons. The molecule has 1 saturated heterocycles. The Balaban J connectivity index is 0.00000161. The van der Waals surface area contributed by atoms with Crippen LogP contribution in [0.3, 0.4) is 0 Å². The molecule has 0 unspecified atom stereocenters. The van der Waals surface area contributed by atoms with Crippen LogP contribution in [0.5, 0.6) is 0 Å². The lowest BCUT2D eigenvalue weighted by atomic mass is 10.2. The summed E-state index contributed by atoms with van der Waals surface area (Å²) in [6.07, 6.45) is 0. The number of likely N-dealkylation sites (N-methyl/N-ethyl adjacent to an activating group) is 1. The van der Waals surface area contributed by atoms with Crippen molar-refractivity contribution in [2.24, 2.45) is 0 Å². The third-order valence-corrected chi connectivity index (χ3v) is 3.67. The van der Waals surface area contributed by atoms with Gasteiger partial charge in [0.25, 0.3) is 5.91 Å². The van der Waals surface area contributed by atoms with E-state index in [0.29, 0.717) is 5.76 Å². The Kier molecular flexibility index (Phi) is 5.04. The number of halogens is 1. The number of piperazine rings is 1. The molecule has 1 aromatic heterocycles. The topological polar surface area (TPSA) is 36.7 Å². The van der Waals surface area contributed by atoms with E-state index in [9.17, 15) is 4.79 Å². The summed E-state index contributed by atoms with van der Waals surface area (Å²) < 4.78 is 5.71. The number of hydrogen-bond donors (Lipinski definition) is 0. The van der Waals surface area contributed by atoms with E-state index < -0.39 is 0 Å². The SMILES string of the molecule is CN1CCN(C(=O)c2ccc(-c3ccccc3)o2)CC1.Cl. The summed E-state index contributed by atoms with van der Waals surface area (Å²) in [5.74, 6) is 1.15. The lowest BCUT2D eigenvalue weighted by Gasteiger charge is -2.31. The summed E-state index contributed by atoms with van der Waals surface area (Å²) in [4.78, 5) is 16.4. The molecule has 0 N–H and O–H groups in total. The third-order valence-electron chi connectivity index (χ3n) is 3.67. The molecule has 0 radical (unpaired) electrons. The fourth-order valence-electron chi connectivity index (χ4n) is 2.38. The lowest BCUT2D eigenvalue weighted by molar-refractivity contribution is 0.0633. The summed E-state index contributed by atoms with van der Waals surface area (Å²) in [6.45, 7) is 3.35. The van der Waals surface area contributed by atoms with Gasteiger partial charge >= 0.3 is 0 Å². The second-order valence-electron chi connectivity index (χ2n) is 5.13. The van der Waals surface area contributed by atoms with Crippen LogP contribution in [0.4, 0.5) is 0 Å². The Morgan fingerprint density at radius 2 is 1.67 bits per heavy atom. The average Bonchev–Trinajstić information content (AvgIpc) is 2.98. The van der Waals surface area contributed by atoms with Crippen molar-refractivity contribution in [3.05, 3.63) is 48.2 Å². The molecule has 5 heteroatoms. The minimum absolute atomic E-state index is 0. The van der Waals surface area contributed by atoms with E-state index in [2.05, 4.69) is 11.9 Å². The van der Waals surface area contributed by atoms with E-state index in [0.717, 1.165) is 37.5 Å². The van der Waals surface area contributed by atoms with Gasteiger partial charge in [-0.2, -0.15) is 0 Å². The third kappa shape index (κ3) is 3.46. The number of hydrogen-bond acceptors (Lipinski definition) is 3. The molecule has 1 aromatic carbocycles. The van der Waals surface area contributed by atoms with E-state index in [-0.39, 0.29) is 18.3 Å². The zero-order chi connectivity index (χ0) is 13.9. The normalized spacial score (nSPS) is 15.6. The molecule has 4 nitrogen and oxygen atoms in total. The highest BCUT2D eigenvalue weighted by atomic mass is 35.5. The highest BCUT2D eigenvalue weighted by Gasteiger charge is 2.22. The first kappa shape index (κ1) is 15.6. The predicted molar refractivity (Wildman–Crippen MR) is 84.8 cm³/mol. The van der Waals surface area contributed by atoms with Gasteiger partial charge in [0.15, 0.2) is 5.76 Å². The number of benzene rings is 1. The Bertz CT molecular complexity index is 589. The Morgan fingerprint density at radius 3 is 2.33 bits per heavy atom. The summed E-state index contributed by atoms with van der Waals surface area (Å²) in [5.41, 5.74) is 0.991. The van der Waals surface area contributed by atoms with Gasteiger partial charge in [0.1, 0.15) is 5.76 Å². The van der Waals surface area contributed by atoms with Crippen molar-refractivity contribution in [1.29, 1.82) is 0 Å². The van der Waals surface area contributed by atoms with Gasteiger partial charge in [0.2, 0.25) is 0 Å². The van der Waals surface area contributed by atoms with Crippen molar-refractivity contribution in [3.63, 3.8) is 0 Å². The average molecular weight is 307 g/mol. The van der Waals surface area contributed by atoms with Crippen LogP contribution in [0.25, 0.3) is 11.3 Å². The van der Waals surface area contributed by atoms with Gasteiger partial charge in [-0.15, -0.1) is 12.4 Å². The summed E-state index contributed by atoms with van der Waals surface area (Å²) in [6, 6.07) is 13.5. The molecule has 1 amide bonds. The molecule has 1 aliphatic rings. The zero-order valence-corrected chi connectivity index (χ0v) is 12.8. The van der Waals surface area contributed by atoms with E-state index >= 15 is 0 Å². The van der Waals surface area contributed by atoms with Crippen LogP contribution in [-0.4, -0.2) is 48.9 Å². The molecule has 1 aliphatic heterocycles. The molecule has 0 aliphatic carbocycles. The van der Waals surface area contributed by atoms with Crippen molar-refractivity contribution in [2.75, 3.05) is 33.2 Å². The highest BCUT2D eigenvalue weighted by Crippen LogP contribution is 2.22. The fourth-order valence-corrected chi connectivity index (χ4v) is 2.38. The molecule has 2 aromatic rings. The minimum atomic E-state index is -0.0136. The van der Waals surface area contributed by atoms with Crippen molar-refractivity contribution in [3.8, 4) is 11.3 Å². The van der Waals surface area contributed by atoms with Crippen molar-refractivity contribution in [2.45, 2.75) is 0 Å². The molecule has 2 heterocycles. The fraction of sp³-hybridized carbons (Fsp3) is 0.312. The quantitative estimate of drug-likeness (QED) is 0.856. The lowest BCUT2D eigenvalue weighted by Crippen LogP contribution is -2.47. The molecule has 1 fully saturated rings. The Morgan fingerprint density at radius 1 is 1.00 bits per heavy atom. The predicted octanol–water partition coefficient (Wildman–Crippen LogP) is 2.76. The monoisotopic (exact) mass is 306 g/mol. The Hall–Kier alpha value is -1.78. The molecule has 0 spiro atoms. The molecule has 0 bridgehead atoms. The number of rotatable bonds is 2. The first-order valence-corrected chi connectivity index (χ1v) is 6.87. The van der Waals surface area contributed by atoms with E-state index in [4.69, 9.17) is 4.42 Å². The minimum Gasteiger partial charge on any atom is -0.451 e. The van der Waals surface area contributed by atoms with Crippen LogP contribution in [0, 0.1) is 0 Å². The first-order chi connectivity index (χ1) is 9.74. The van der Waals surface area contributed by atoms with Crippen LogP contribution in [-0.2, 0) is 0 Å². The maximum atomic E-state index is 12.4. The summed E-state index contributed by atoms with van der Waals surface area (Å²) in [5, 5.41) is 0. The van der Waals surface area contributed by atoms with Crippen LogP contribution in [0.15, 0.2) is 46.9 Å². The maximum absolute atomic E-state index is 12.4. The molecule has 0 saturated carbocycles.